The van der Waals surface area contributed by atoms with Crippen LogP contribution in [0.25, 0.3) is 20.7 Å². The Bertz CT molecular complexity index is 1150. The van der Waals surface area contributed by atoms with Gasteiger partial charge in [-0.25, -0.2) is 4.98 Å². The predicted molar refractivity (Wildman–Crippen MR) is 116 cm³/mol. The van der Waals surface area contributed by atoms with Crippen molar-refractivity contribution in [2.75, 3.05) is 0 Å². The van der Waals surface area contributed by atoms with E-state index in [9.17, 15) is 4.79 Å². The van der Waals surface area contributed by atoms with E-state index in [0.29, 0.717) is 17.0 Å². The second kappa shape index (κ2) is 7.89. The second-order valence-electron chi connectivity index (χ2n) is 6.05. The van der Waals surface area contributed by atoms with E-state index in [0.717, 1.165) is 31.7 Å². The van der Waals surface area contributed by atoms with Gasteiger partial charge in [-0.05, 0) is 36.2 Å². The highest BCUT2D eigenvalue weighted by Crippen LogP contribution is 2.32. The summed E-state index contributed by atoms with van der Waals surface area (Å²) in [6.45, 7) is 2.57. The predicted octanol–water partition coefficient (Wildman–Crippen LogP) is 6.09. The Hall–Kier alpha value is -2.08. The highest BCUT2D eigenvalue weighted by Gasteiger charge is 2.14. The molecule has 2 heterocycles. The molecule has 0 aliphatic carbocycles. The largest absolute Gasteiger partial charge is 0.287 e. The Labute approximate surface area is 170 Å². The van der Waals surface area contributed by atoms with Crippen LogP contribution in [0.2, 0.25) is 5.02 Å². The summed E-state index contributed by atoms with van der Waals surface area (Å²) in [6, 6.07) is 19.9. The fraction of sp³-hybridized carbons (Fsp3) is 0.143. The minimum atomic E-state index is 0.0308. The van der Waals surface area contributed by atoms with Gasteiger partial charge >= 0.3 is 0 Å². The van der Waals surface area contributed by atoms with Crippen LogP contribution in [0.5, 0.6) is 0 Å². The molecule has 2 aromatic carbocycles. The normalized spacial score (nSPS) is 11.2. The molecule has 4 rings (SSSR count). The van der Waals surface area contributed by atoms with Gasteiger partial charge in [0.25, 0.3) is 5.56 Å². The minimum absolute atomic E-state index is 0.0308. The van der Waals surface area contributed by atoms with Crippen molar-refractivity contribution >= 4 is 44.9 Å². The smallest absolute Gasteiger partial charge is 0.272 e. The molecule has 27 heavy (non-hydrogen) atoms. The number of hydrogen-bond acceptors (Lipinski definition) is 4. The van der Waals surface area contributed by atoms with Crippen LogP contribution in [-0.4, -0.2) is 9.55 Å². The second-order valence-corrected chi connectivity index (χ2v) is 8.48. The molecule has 0 N–H and O–H groups in total. The fourth-order valence-corrected chi connectivity index (χ4v) is 5.17. The molecule has 0 unspecified atom stereocenters. The van der Waals surface area contributed by atoms with Gasteiger partial charge in [0, 0.05) is 22.2 Å². The van der Waals surface area contributed by atoms with Gasteiger partial charge < -0.3 is 0 Å². The van der Waals surface area contributed by atoms with Gasteiger partial charge in [0.2, 0.25) is 0 Å². The van der Waals surface area contributed by atoms with E-state index in [1.807, 2.05) is 55.5 Å². The first kappa shape index (κ1) is 18.3. The molecule has 136 valence electrons. The molecule has 0 aliphatic rings. The van der Waals surface area contributed by atoms with E-state index in [-0.39, 0.29) is 5.56 Å². The number of benzene rings is 2. The number of hydrogen-bond donors (Lipinski definition) is 0. The molecule has 0 saturated heterocycles. The van der Waals surface area contributed by atoms with Crippen LogP contribution in [0.1, 0.15) is 12.5 Å². The molecular formula is C21H17ClN2OS2. The monoisotopic (exact) mass is 412 g/mol. The van der Waals surface area contributed by atoms with Crippen molar-refractivity contribution in [3.8, 4) is 10.4 Å². The zero-order valence-corrected chi connectivity index (χ0v) is 17.1. The highest BCUT2D eigenvalue weighted by molar-refractivity contribution is 7.98. The molecule has 0 fully saturated rings. The number of nitrogens with zero attached hydrogens (tertiary/aromatic N) is 2. The molecular weight excluding hydrogens is 396 g/mol. The van der Waals surface area contributed by atoms with Gasteiger partial charge in [-0.2, -0.15) is 0 Å². The summed E-state index contributed by atoms with van der Waals surface area (Å²) in [6.07, 6.45) is 0. The Morgan fingerprint density at radius 3 is 2.67 bits per heavy atom. The first-order valence-corrected chi connectivity index (χ1v) is 10.8. The summed E-state index contributed by atoms with van der Waals surface area (Å²) in [5, 5.41) is 1.46. The van der Waals surface area contributed by atoms with Gasteiger partial charge in [-0.15, -0.1) is 11.3 Å². The summed E-state index contributed by atoms with van der Waals surface area (Å²) in [4.78, 5) is 18.8. The average Bonchev–Trinajstić information content (AvgIpc) is 3.12. The van der Waals surface area contributed by atoms with Crippen molar-refractivity contribution in [2.24, 2.45) is 0 Å². The topological polar surface area (TPSA) is 34.9 Å². The average molecular weight is 413 g/mol. The van der Waals surface area contributed by atoms with Crippen LogP contribution in [0.4, 0.5) is 0 Å². The molecule has 0 spiro atoms. The lowest BCUT2D eigenvalue weighted by molar-refractivity contribution is 0.635. The maximum absolute atomic E-state index is 13.0. The van der Waals surface area contributed by atoms with Gasteiger partial charge in [-0.1, -0.05) is 65.8 Å². The van der Waals surface area contributed by atoms with Crippen molar-refractivity contribution in [3.05, 3.63) is 81.6 Å². The first-order valence-electron chi connectivity index (χ1n) is 8.62. The van der Waals surface area contributed by atoms with Gasteiger partial charge in [-0.3, -0.25) is 9.36 Å². The summed E-state index contributed by atoms with van der Waals surface area (Å²) in [7, 11) is 0. The number of halogens is 1. The number of thiophene rings is 1. The Morgan fingerprint density at radius 2 is 1.93 bits per heavy atom. The van der Waals surface area contributed by atoms with Crippen LogP contribution in [0, 0.1) is 0 Å². The standard InChI is InChI=1S/C21H17ClN2OS2/c1-2-24-20(25)19-17(12-18(27-19)15-8-4-3-5-9-15)23-21(24)26-13-14-7-6-10-16(22)11-14/h3-12H,2,13H2,1H3. The van der Waals surface area contributed by atoms with Gasteiger partial charge in [0.15, 0.2) is 5.16 Å². The summed E-state index contributed by atoms with van der Waals surface area (Å²) < 4.78 is 2.46. The van der Waals surface area contributed by atoms with Crippen molar-refractivity contribution in [2.45, 2.75) is 24.4 Å². The van der Waals surface area contributed by atoms with E-state index in [1.165, 1.54) is 11.3 Å². The molecule has 0 radical (unpaired) electrons. The lowest BCUT2D eigenvalue weighted by Crippen LogP contribution is -2.21. The number of thioether (sulfide) groups is 1. The van der Waals surface area contributed by atoms with Crippen molar-refractivity contribution in [3.63, 3.8) is 0 Å². The van der Waals surface area contributed by atoms with E-state index in [4.69, 9.17) is 16.6 Å². The van der Waals surface area contributed by atoms with Crippen LogP contribution in [0.15, 0.2) is 70.6 Å². The lowest BCUT2D eigenvalue weighted by atomic mass is 10.2. The van der Waals surface area contributed by atoms with Crippen LogP contribution in [-0.2, 0) is 12.3 Å². The summed E-state index contributed by atoms with van der Waals surface area (Å²) in [5.74, 6) is 0.716. The van der Waals surface area contributed by atoms with E-state index in [1.54, 1.807) is 16.3 Å². The van der Waals surface area contributed by atoms with Crippen molar-refractivity contribution < 1.29 is 0 Å². The molecule has 0 bridgehead atoms. The third kappa shape index (κ3) is 3.81. The maximum atomic E-state index is 13.0. The van der Waals surface area contributed by atoms with Crippen molar-refractivity contribution in [1.82, 2.24) is 9.55 Å². The number of fused-ring (bicyclic) bond motifs is 1. The number of aromatic nitrogens is 2. The molecule has 0 amide bonds. The maximum Gasteiger partial charge on any atom is 0.272 e. The third-order valence-corrected chi connectivity index (χ3v) is 6.67. The van der Waals surface area contributed by atoms with Crippen LogP contribution >= 0.6 is 34.7 Å². The minimum Gasteiger partial charge on any atom is -0.287 e. The third-order valence-electron chi connectivity index (χ3n) is 4.23. The molecule has 2 aromatic heterocycles. The quantitative estimate of drug-likeness (QED) is 0.294. The summed E-state index contributed by atoms with van der Waals surface area (Å²) in [5.41, 5.74) is 3.02. The Kier molecular flexibility index (Phi) is 5.34. The molecule has 3 nitrogen and oxygen atoms in total. The van der Waals surface area contributed by atoms with Gasteiger partial charge in [0.05, 0.1) is 5.52 Å². The first-order chi connectivity index (χ1) is 13.2. The van der Waals surface area contributed by atoms with E-state index in [2.05, 4.69) is 12.1 Å². The fourth-order valence-electron chi connectivity index (χ4n) is 2.90. The molecule has 4 aromatic rings. The SMILES string of the molecule is CCn1c(SCc2cccc(Cl)c2)nc2cc(-c3ccccc3)sc2c1=O. The zero-order chi connectivity index (χ0) is 18.8. The number of rotatable bonds is 5. The van der Waals surface area contributed by atoms with E-state index < -0.39 is 0 Å². The summed E-state index contributed by atoms with van der Waals surface area (Å²) >= 11 is 9.15. The lowest BCUT2D eigenvalue weighted by Gasteiger charge is -2.09. The van der Waals surface area contributed by atoms with Gasteiger partial charge in [0.1, 0.15) is 4.70 Å². The van der Waals surface area contributed by atoms with Crippen molar-refractivity contribution in [1.29, 1.82) is 0 Å². The molecule has 0 aliphatic heterocycles. The Balaban J connectivity index is 1.73. The Morgan fingerprint density at radius 1 is 1.11 bits per heavy atom. The van der Waals surface area contributed by atoms with E-state index >= 15 is 0 Å². The van der Waals surface area contributed by atoms with Crippen LogP contribution in [0.3, 0.4) is 0 Å². The van der Waals surface area contributed by atoms with Crippen LogP contribution < -0.4 is 5.56 Å². The highest BCUT2D eigenvalue weighted by atomic mass is 35.5. The molecule has 0 atom stereocenters. The molecule has 6 heteroatoms. The zero-order valence-electron chi connectivity index (χ0n) is 14.7. The molecule has 0 saturated carbocycles.